The molecule has 2 atom stereocenters. The highest BCUT2D eigenvalue weighted by atomic mass is 16.5. The van der Waals surface area contributed by atoms with Crippen molar-refractivity contribution in [3.8, 4) is 11.4 Å². The largest absolute Gasteiger partial charge is 0.499 e. The lowest BCUT2D eigenvalue weighted by atomic mass is 9.91. The summed E-state index contributed by atoms with van der Waals surface area (Å²) in [5, 5.41) is 9.37. The van der Waals surface area contributed by atoms with Gasteiger partial charge in [0.15, 0.2) is 5.82 Å². The van der Waals surface area contributed by atoms with Crippen LogP contribution in [0.1, 0.15) is 80.2 Å². The van der Waals surface area contributed by atoms with Gasteiger partial charge < -0.3 is 18.9 Å². The van der Waals surface area contributed by atoms with E-state index < -0.39 is 6.10 Å². The quantitative estimate of drug-likeness (QED) is 0.307. The molecule has 1 aliphatic rings. The number of aromatic nitrogens is 3. The maximum absolute atomic E-state index is 7.00. The fourth-order valence-electron chi connectivity index (χ4n) is 5.24. The van der Waals surface area contributed by atoms with Crippen LogP contribution in [0.3, 0.4) is 0 Å². The predicted molar refractivity (Wildman–Crippen MR) is 144 cm³/mol. The second-order valence-corrected chi connectivity index (χ2v) is 10.2. The normalized spacial score (nSPS) is 17.1. The topological polar surface area (TPSA) is 67.6 Å². The molecule has 1 aromatic heterocycles. The fourth-order valence-corrected chi connectivity index (χ4v) is 5.24. The van der Waals surface area contributed by atoms with Crippen LogP contribution in [0.25, 0.3) is 5.69 Å². The van der Waals surface area contributed by atoms with Gasteiger partial charge >= 0.3 is 0 Å². The van der Waals surface area contributed by atoms with Crippen molar-refractivity contribution in [1.82, 2.24) is 14.8 Å². The smallest absolute Gasteiger partial charge is 0.167 e. The van der Waals surface area contributed by atoms with Crippen LogP contribution < -0.4 is 4.74 Å². The molecular weight excluding hydrogens is 466 g/mol. The van der Waals surface area contributed by atoms with Gasteiger partial charge in [-0.15, -0.1) is 10.2 Å². The Labute approximate surface area is 220 Å². The Morgan fingerprint density at radius 3 is 2.57 bits per heavy atom. The molecule has 0 bridgehead atoms. The summed E-state index contributed by atoms with van der Waals surface area (Å²) >= 11 is 0. The monoisotopic (exact) mass is 505 g/mol. The van der Waals surface area contributed by atoms with Crippen molar-refractivity contribution in [2.45, 2.75) is 65.1 Å². The molecule has 0 amide bonds. The standard InChI is InChI=1S/C30H39N3O4/c1-9-21-22(12-11-13-25(21)35-8)27-23-16-19(3)14-15-24(23)33-28(26(37-27)17-20(4)36-10-2)31-32-29(33)30(5,6)18-34-7/h11-16,26-27H,4,9-10,17-18H2,1-3,5-8H3. The predicted octanol–water partition coefficient (Wildman–Crippen LogP) is 6.17. The summed E-state index contributed by atoms with van der Waals surface area (Å²) < 4.78 is 26.2. The third kappa shape index (κ3) is 5.15. The van der Waals surface area contributed by atoms with Crippen molar-refractivity contribution < 1.29 is 18.9 Å². The lowest BCUT2D eigenvalue weighted by Gasteiger charge is -2.26. The van der Waals surface area contributed by atoms with Crippen LogP contribution in [0.15, 0.2) is 48.7 Å². The SMILES string of the molecule is C=C(CC1OC(c2cccc(OC)c2CC)c2cc(C)ccc2-n2c1nnc2C(C)(C)COC)OCC. The summed E-state index contributed by atoms with van der Waals surface area (Å²) in [6.07, 6.45) is 0.507. The molecule has 37 heavy (non-hydrogen) atoms. The van der Waals surface area contributed by atoms with Crippen LogP contribution in [-0.4, -0.2) is 42.2 Å². The molecule has 0 saturated heterocycles. The molecular formula is C30H39N3O4. The number of ether oxygens (including phenoxy) is 4. The van der Waals surface area contributed by atoms with E-state index in [1.54, 1.807) is 14.2 Å². The number of benzene rings is 2. The van der Waals surface area contributed by atoms with Crippen molar-refractivity contribution in [2.24, 2.45) is 0 Å². The minimum atomic E-state index is -0.424. The van der Waals surface area contributed by atoms with E-state index in [1.807, 2.05) is 19.1 Å². The van der Waals surface area contributed by atoms with Crippen molar-refractivity contribution >= 4 is 0 Å². The first-order valence-corrected chi connectivity index (χ1v) is 12.9. The Balaban J connectivity index is 2.00. The summed E-state index contributed by atoms with van der Waals surface area (Å²) in [6.45, 7) is 15.6. The van der Waals surface area contributed by atoms with E-state index in [0.717, 1.165) is 51.8 Å². The summed E-state index contributed by atoms with van der Waals surface area (Å²) in [5.41, 5.74) is 5.04. The lowest BCUT2D eigenvalue weighted by molar-refractivity contribution is -0.00401. The van der Waals surface area contributed by atoms with Gasteiger partial charge in [-0.3, -0.25) is 4.57 Å². The van der Waals surface area contributed by atoms with Gasteiger partial charge in [0.25, 0.3) is 0 Å². The van der Waals surface area contributed by atoms with Crippen molar-refractivity contribution in [3.05, 3.63) is 82.6 Å². The zero-order valence-corrected chi connectivity index (χ0v) is 23.1. The molecule has 4 rings (SSSR count). The van der Waals surface area contributed by atoms with Crippen molar-refractivity contribution in [3.63, 3.8) is 0 Å². The molecule has 7 nitrogen and oxygen atoms in total. The number of methoxy groups -OCH3 is 2. The van der Waals surface area contributed by atoms with E-state index in [2.05, 4.69) is 68.2 Å². The van der Waals surface area contributed by atoms with Gasteiger partial charge in [-0.25, -0.2) is 0 Å². The summed E-state index contributed by atoms with van der Waals surface area (Å²) in [5.74, 6) is 3.07. The van der Waals surface area contributed by atoms with Gasteiger partial charge in [0.05, 0.1) is 31.8 Å². The van der Waals surface area contributed by atoms with Gasteiger partial charge in [-0.2, -0.15) is 0 Å². The van der Waals surface area contributed by atoms with Crippen LogP contribution >= 0.6 is 0 Å². The van der Waals surface area contributed by atoms with E-state index >= 15 is 0 Å². The molecule has 7 heteroatoms. The lowest BCUT2D eigenvalue weighted by Crippen LogP contribution is -2.28. The average molecular weight is 506 g/mol. The minimum Gasteiger partial charge on any atom is -0.499 e. The number of fused-ring (bicyclic) bond motifs is 3. The number of nitrogens with zero attached hydrogens (tertiary/aromatic N) is 3. The van der Waals surface area contributed by atoms with E-state index in [4.69, 9.17) is 24.0 Å². The molecule has 0 N–H and O–H groups in total. The highest BCUT2D eigenvalue weighted by Crippen LogP contribution is 2.45. The number of aryl methyl sites for hydroxylation is 1. The third-order valence-corrected chi connectivity index (χ3v) is 6.88. The van der Waals surface area contributed by atoms with Gasteiger partial charge in [0, 0.05) is 24.5 Å². The molecule has 198 valence electrons. The molecule has 2 heterocycles. The molecule has 0 fully saturated rings. The molecule has 0 aliphatic carbocycles. The second kappa shape index (κ2) is 11.1. The average Bonchev–Trinajstić information content (AvgIpc) is 3.27. The van der Waals surface area contributed by atoms with E-state index in [9.17, 15) is 0 Å². The summed E-state index contributed by atoms with van der Waals surface area (Å²) in [4.78, 5) is 0. The first-order chi connectivity index (χ1) is 17.7. The van der Waals surface area contributed by atoms with E-state index in [1.165, 1.54) is 0 Å². The van der Waals surface area contributed by atoms with Gasteiger partial charge in [-0.05, 0) is 43.5 Å². The summed E-state index contributed by atoms with van der Waals surface area (Å²) in [7, 11) is 3.42. The number of hydrogen-bond donors (Lipinski definition) is 0. The first kappa shape index (κ1) is 26.9. The van der Waals surface area contributed by atoms with Crippen LogP contribution in [-0.2, 0) is 26.0 Å². The molecule has 0 saturated carbocycles. The van der Waals surface area contributed by atoms with Gasteiger partial charge in [-0.1, -0.05) is 57.2 Å². The van der Waals surface area contributed by atoms with Crippen molar-refractivity contribution in [1.29, 1.82) is 0 Å². The van der Waals surface area contributed by atoms with Crippen LogP contribution in [0.4, 0.5) is 0 Å². The Morgan fingerprint density at radius 1 is 1.11 bits per heavy atom. The molecule has 0 spiro atoms. The second-order valence-electron chi connectivity index (χ2n) is 10.2. The Hall–Kier alpha value is -3.16. The zero-order valence-electron chi connectivity index (χ0n) is 23.1. The molecule has 2 aromatic carbocycles. The first-order valence-electron chi connectivity index (χ1n) is 12.9. The zero-order chi connectivity index (χ0) is 26.7. The van der Waals surface area contributed by atoms with Crippen LogP contribution in [0, 0.1) is 6.92 Å². The van der Waals surface area contributed by atoms with E-state index in [-0.39, 0.29) is 11.5 Å². The highest BCUT2D eigenvalue weighted by Gasteiger charge is 2.38. The Kier molecular flexibility index (Phi) is 8.05. The molecule has 1 aliphatic heterocycles. The van der Waals surface area contributed by atoms with Gasteiger partial charge in [0.2, 0.25) is 0 Å². The van der Waals surface area contributed by atoms with E-state index in [0.29, 0.717) is 25.4 Å². The number of hydrogen-bond acceptors (Lipinski definition) is 6. The molecule has 2 unspecified atom stereocenters. The Morgan fingerprint density at radius 2 is 1.89 bits per heavy atom. The maximum Gasteiger partial charge on any atom is 0.167 e. The van der Waals surface area contributed by atoms with Crippen LogP contribution in [0.2, 0.25) is 0 Å². The van der Waals surface area contributed by atoms with Gasteiger partial charge in [0.1, 0.15) is 23.8 Å². The maximum atomic E-state index is 7.00. The number of rotatable bonds is 10. The highest BCUT2D eigenvalue weighted by molar-refractivity contribution is 5.53. The van der Waals surface area contributed by atoms with Crippen molar-refractivity contribution in [2.75, 3.05) is 27.4 Å². The summed E-state index contributed by atoms with van der Waals surface area (Å²) in [6, 6.07) is 12.6. The fraction of sp³-hybridized carbons (Fsp3) is 0.467. The Bertz CT molecular complexity index is 1260. The minimum absolute atomic E-state index is 0.348. The molecule has 3 aromatic rings. The molecule has 0 radical (unpaired) electrons. The third-order valence-electron chi connectivity index (χ3n) is 6.88. The van der Waals surface area contributed by atoms with Crippen LogP contribution in [0.5, 0.6) is 5.75 Å².